The fourth-order valence-corrected chi connectivity index (χ4v) is 3.47. The van der Waals surface area contributed by atoms with Crippen LogP contribution in [0.15, 0.2) is 61.2 Å². The van der Waals surface area contributed by atoms with Crippen molar-refractivity contribution in [1.29, 1.82) is 0 Å². The Morgan fingerprint density at radius 3 is 2.17 bits per heavy atom. The summed E-state index contributed by atoms with van der Waals surface area (Å²) < 4.78 is 10.5. The number of rotatable bonds is 7. The number of carbonyl (C=O) groups excluding carboxylic acids is 2. The molecule has 2 aromatic rings. The number of nitrogens with zero attached hydrogens (tertiary/aromatic N) is 1. The summed E-state index contributed by atoms with van der Waals surface area (Å²) in [7, 11) is 1.48. The molecule has 0 aliphatic heterocycles. The number of hydrogen-bond donors (Lipinski definition) is 1. The van der Waals surface area contributed by atoms with Gasteiger partial charge in [-0.3, -0.25) is 4.90 Å². The number of likely N-dealkylation sites (N-methyl/N-ethyl adjacent to an activating group) is 1. The highest BCUT2D eigenvalue weighted by atomic mass is 35.5. The van der Waals surface area contributed by atoms with E-state index in [9.17, 15) is 9.59 Å². The minimum Gasteiger partial charge on any atom is -0.460 e. The summed E-state index contributed by atoms with van der Waals surface area (Å²) in [6.07, 6.45) is 0.839. The van der Waals surface area contributed by atoms with Gasteiger partial charge in [0.05, 0.1) is 0 Å². The van der Waals surface area contributed by atoms with Crippen molar-refractivity contribution in [3.8, 4) is 11.1 Å². The molecular weight excluding hydrogens is 392 g/mol. The van der Waals surface area contributed by atoms with Crippen LogP contribution < -0.4 is 5.73 Å². The summed E-state index contributed by atoms with van der Waals surface area (Å²) in [4.78, 5) is 25.8. The van der Waals surface area contributed by atoms with Gasteiger partial charge in [0.15, 0.2) is 0 Å². The van der Waals surface area contributed by atoms with Crippen LogP contribution in [0.2, 0.25) is 0 Å². The molecule has 6 nitrogen and oxygen atoms in total. The number of fused-ring (bicyclic) bond motifs is 3. The molecule has 0 aromatic heterocycles. The molecule has 1 aliphatic rings. The molecule has 0 bridgehead atoms. The monoisotopic (exact) mass is 416 g/mol. The molecule has 1 amide bonds. The highest BCUT2D eigenvalue weighted by Gasteiger charge is 2.31. The summed E-state index contributed by atoms with van der Waals surface area (Å²) in [5, 5.41) is 0. The first kappa shape index (κ1) is 22.5. The van der Waals surface area contributed by atoms with Crippen LogP contribution in [0.3, 0.4) is 0 Å². The molecule has 0 heterocycles. The van der Waals surface area contributed by atoms with Gasteiger partial charge in [-0.15, -0.1) is 12.4 Å². The van der Waals surface area contributed by atoms with Crippen molar-refractivity contribution in [3.63, 3.8) is 0 Å². The molecule has 0 saturated heterocycles. The van der Waals surface area contributed by atoms with Crippen LogP contribution in [0, 0.1) is 0 Å². The molecule has 7 heteroatoms. The maximum absolute atomic E-state index is 12.5. The molecule has 1 aliphatic carbocycles. The van der Waals surface area contributed by atoms with Crippen molar-refractivity contribution in [2.45, 2.75) is 12.0 Å². The van der Waals surface area contributed by atoms with Gasteiger partial charge in [-0.1, -0.05) is 61.2 Å². The van der Waals surface area contributed by atoms with Crippen molar-refractivity contribution in [2.75, 3.05) is 26.8 Å². The van der Waals surface area contributed by atoms with Crippen LogP contribution in [0.4, 0.5) is 4.79 Å². The third-order valence-corrected chi connectivity index (χ3v) is 4.93. The Bertz CT molecular complexity index is 841. The van der Waals surface area contributed by atoms with Crippen LogP contribution in [0.1, 0.15) is 17.0 Å². The molecule has 1 unspecified atom stereocenters. The van der Waals surface area contributed by atoms with Crippen LogP contribution in [-0.4, -0.2) is 49.8 Å². The Morgan fingerprint density at radius 2 is 1.66 bits per heavy atom. The second kappa shape index (κ2) is 10.1. The Kier molecular flexibility index (Phi) is 7.82. The normalized spacial score (nSPS) is 12.8. The maximum atomic E-state index is 12.5. The second-order valence-electron chi connectivity index (χ2n) is 6.59. The van der Waals surface area contributed by atoms with Crippen LogP contribution in [-0.2, 0) is 14.3 Å². The maximum Gasteiger partial charge on any atom is 0.410 e. The number of nitrogens with two attached hydrogens (primary N) is 1. The zero-order valence-corrected chi connectivity index (χ0v) is 17.1. The lowest BCUT2D eigenvalue weighted by Gasteiger charge is -2.25. The Morgan fingerprint density at radius 1 is 1.10 bits per heavy atom. The molecule has 2 aromatic carbocycles. The van der Waals surface area contributed by atoms with Gasteiger partial charge in [0.2, 0.25) is 0 Å². The zero-order valence-electron chi connectivity index (χ0n) is 16.2. The fraction of sp³-hybridized carbons (Fsp3) is 0.273. The first-order valence-electron chi connectivity index (χ1n) is 9.13. The first-order valence-corrected chi connectivity index (χ1v) is 9.13. The van der Waals surface area contributed by atoms with Crippen molar-refractivity contribution in [3.05, 3.63) is 72.3 Å². The Labute approximate surface area is 176 Å². The number of carbonyl (C=O) groups is 2. The molecule has 0 radical (unpaired) electrons. The van der Waals surface area contributed by atoms with E-state index in [2.05, 4.69) is 18.7 Å². The molecule has 2 N–H and O–H groups in total. The van der Waals surface area contributed by atoms with E-state index in [0.29, 0.717) is 0 Å². The largest absolute Gasteiger partial charge is 0.460 e. The highest BCUT2D eigenvalue weighted by Crippen LogP contribution is 2.44. The van der Waals surface area contributed by atoms with Gasteiger partial charge in [0.25, 0.3) is 0 Å². The van der Waals surface area contributed by atoms with E-state index < -0.39 is 18.1 Å². The molecule has 1 atom stereocenters. The van der Waals surface area contributed by atoms with E-state index in [0.717, 1.165) is 22.3 Å². The number of benzene rings is 2. The minimum absolute atomic E-state index is 0. The van der Waals surface area contributed by atoms with Gasteiger partial charge in [-0.25, -0.2) is 9.59 Å². The number of amides is 1. The number of esters is 1. The lowest BCUT2D eigenvalue weighted by atomic mass is 9.98. The van der Waals surface area contributed by atoms with Crippen molar-refractivity contribution >= 4 is 24.5 Å². The first-order chi connectivity index (χ1) is 13.6. The molecule has 29 heavy (non-hydrogen) atoms. The summed E-state index contributed by atoms with van der Waals surface area (Å²) in [6.45, 7) is 3.68. The van der Waals surface area contributed by atoms with Gasteiger partial charge in [0, 0.05) is 19.5 Å². The SMILES string of the molecule is C=CCOC(=O)C(CN)N(C)C(=O)OCC1c2ccccc2-c2ccccc21.Cl. The number of hydrogen-bond acceptors (Lipinski definition) is 5. The van der Waals surface area contributed by atoms with E-state index in [1.54, 1.807) is 0 Å². The summed E-state index contributed by atoms with van der Waals surface area (Å²) in [5.41, 5.74) is 10.2. The average molecular weight is 417 g/mol. The summed E-state index contributed by atoms with van der Waals surface area (Å²) >= 11 is 0. The van der Waals surface area contributed by atoms with E-state index >= 15 is 0 Å². The van der Waals surface area contributed by atoms with Crippen molar-refractivity contribution in [2.24, 2.45) is 5.73 Å². The standard InChI is InChI=1S/C22H24N2O4.ClH/c1-3-12-27-21(25)20(13-23)24(2)22(26)28-14-19-17-10-6-4-8-15(17)16-9-5-7-11-18(16)19;/h3-11,19-20H,1,12-14,23H2,2H3;1H. The number of ether oxygens (including phenoxy) is 2. The van der Waals surface area contributed by atoms with E-state index in [1.807, 2.05) is 36.4 Å². The molecular formula is C22H25ClN2O4. The predicted molar refractivity (Wildman–Crippen MR) is 114 cm³/mol. The van der Waals surface area contributed by atoms with E-state index in [1.165, 1.54) is 18.0 Å². The quantitative estimate of drug-likeness (QED) is 0.553. The third-order valence-electron chi connectivity index (χ3n) is 4.93. The Balaban J connectivity index is 0.00000300. The molecule has 0 fully saturated rings. The van der Waals surface area contributed by atoms with Gasteiger partial charge < -0.3 is 15.2 Å². The Hall–Kier alpha value is -2.83. The zero-order chi connectivity index (χ0) is 20.1. The minimum atomic E-state index is -0.907. The summed E-state index contributed by atoms with van der Waals surface area (Å²) in [6, 6.07) is 15.3. The average Bonchev–Trinajstić information content (AvgIpc) is 3.04. The van der Waals surface area contributed by atoms with Crippen LogP contribution >= 0.6 is 12.4 Å². The summed E-state index contributed by atoms with van der Waals surface area (Å²) in [5.74, 6) is -0.632. The number of halogens is 1. The van der Waals surface area contributed by atoms with Crippen molar-refractivity contribution in [1.82, 2.24) is 4.90 Å². The fourth-order valence-electron chi connectivity index (χ4n) is 3.47. The molecule has 3 rings (SSSR count). The molecule has 0 spiro atoms. The van der Waals surface area contributed by atoms with Crippen LogP contribution in [0.5, 0.6) is 0 Å². The lowest BCUT2D eigenvalue weighted by molar-refractivity contribution is -0.147. The van der Waals surface area contributed by atoms with Gasteiger partial charge >= 0.3 is 12.1 Å². The lowest BCUT2D eigenvalue weighted by Crippen LogP contribution is -2.48. The predicted octanol–water partition coefficient (Wildman–Crippen LogP) is 3.35. The smallest absolute Gasteiger partial charge is 0.410 e. The van der Waals surface area contributed by atoms with E-state index in [4.69, 9.17) is 15.2 Å². The second-order valence-corrected chi connectivity index (χ2v) is 6.59. The molecule has 154 valence electrons. The topological polar surface area (TPSA) is 81.9 Å². The van der Waals surface area contributed by atoms with Gasteiger partial charge in [0.1, 0.15) is 19.3 Å². The van der Waals surface area contributed by atoms with Crippen molar-refractivity contribution < 1.29 is 19.1 Å². The van der Waals surface area contributed by atoms with Gasteiger partial charge in [-0.05, 0) is 22.3 Å². The van der Waals surface area contributed by atoms with Gasteiger partial charge in [-0.2, -0.15) is 0 Å². The molecule has 0 saturated carbocycles. The van der Waals surface area contributed by atoms with Crippen LogP contribution in [0.25, 0.3) is 11.1 Å². The third kappa shape index (κ3) is 4.60. The van der Waals surface area contributed by atoms with E-state index in [-0.39, 0.29) is 38.1 Å². The highest BCUT2D eigenvalue weighted by molar-refractivity contribution is 5.85.